The number of aromatic nitrogens is 2. The van der Waals surface area contributed by atoms with Crippen LogP contribution in [0.15, 0.2) is 53.8 Å². The number of rotatable bonds is 4. The Balaban J connectivity index is 2.05. The summed E-state index contributed by atoms with van der Waals surface area (Å²) in [7, 11) is 0. The zero-order chi connectivity index (χ0) is 17.1. The van der Waals surface area contributed by atoms with Crippen LogP contribution in [-0.2, 0) is 0 Å². The lowest BCUT2D eigenvalue weighted by molar-refractivity contribution is 0.628. The summed E-state index contributed by atoms with van der Waals surface area (Å²) >= 11 is 7.15. The molecule has 24 heavy (non-hydrogen) atoms. The van der Waals surface area contributed by atoms with Gasteiger partial charge in [-0.1, -0.05) is 35.5 Å². The highest BCUT2D eigenvalue weighted by atomic mass is 35.5. The molecule has 1 heterocycles. The van der Waals surface area contributed by atoms with Crippen molar-refractivity contribution in [3.8, 4) is 11.1 Å². The first kappa shape index (κ1) is 16.7. The summed E-state index contributed by atoms with van der Waals surface area (Å²) in [5.74, 6) is -0.391. The van der Waals surface area contributed by atoms with Gasteiger partial charge in [0.05, 0.1) is 5.69 Å². The van der Waals surface area contributed by atoms with Crippen molar-refractivity contribution in [2.24, 2.45) is 0 Å². The molecule has 1 aromatic heterocycles. The van der Waals surface area contributed by atoms with E-state index in [0.717, 1.165) is 5.56 Å². The van der Waals surface area contributed by atoms with E-state index in [1.54, 1.807) is 24.4 Å². The van der Waals surface area contributed by atoms with Crippen LogP contribution in [0.3, 0.4) is 0 Å². The van der Waals surface area contributed by atoms with Crippen molar-refractivity contribution in [1.82, 2.24) is 9.97 Å². The Morgan fingerprint density at radius 2 is 1.83 bits per heavy atom. The predicted octanol–water partition coefficient (Wildman–Crippen LogP) is 5.54. The van der Waals surface area contributed by atoms with E-state index in [2.05, 4.69) is 15.3 Å². The molecule has 122 valence electrons. The summed E-state index contributed by atoms with van der Waals surface area (Å²) in [6.45, 7) is 0. The first-order valence-electron chi connectivity index (χ1n) is 6.96. The van der Waals surface area contributed by atoms with Crippen molar-refractivity contribution in [1.29, 1.82) is 0 Å². The molecule has 1 N–H and O–H groups in total. The highest BCUT2D eigenvalue weighted by Gasteiger charge is 2.12. The van der Waals surface area contributed by atoms with E-state index in [-0.39, 0.29) is 11.5 Å². The molecular formula is C17H12ClF2N3S. The van der Waals surface area contributed by atoms with Gasteiger partial charge < -0.3 is 5.32 Å². The number of halogens is 3. The van der Waals surface area contributed by atoms with Gasteiger partial charge in [-0.05, 0) is 42.2 Å². The van der Waals surface area contributed by atoms with E-state index in [1.807, 2.05) is 6.26 Å². The molecule has 0 aliphatic rings. The maximum Gasteiger partial charge on any atom is 0.189 e. The fraction of sp³-hybridized carbons (Fsp3) is 0.0588. The van der Waals surface area contributed by atoms with Gasteiger partial charge in [0.1, 0.15) is 17.5 Å². The summed E-state index contributed by atoms with van der Waals surface area (Å²) < 4.78 is 27.2. The Labute approximate surface area is 147 Å². The number of anilines is 2. The van der Waals surface area contributed by atoms with Gasteiger partial charge in [-0.2, -0.15) is 0 Å². The maximum atomic E-state index is 14.1. The number of nitrogens with one attached hydrogen (secondary N) is 1. The second-order valence-electron chi connectivity index (χ2n) is 4.88. The molecule has 0 spiro atoms. The number of benzene rings is 2. The Bertz CT molecular complexity index is 872. The van der Waals surface area contributed by atoms with Crippen LogP contribution < -0.4 is 5.32 Å². The van der Waals surface area contributed by atoms with Crippen LogP contribution in [0.25, 0.3) is 11.1 Å². The monoisotopic (exact) mass is 363 g/mol. The Kier molecular flexibility index (Phi) is 4.97. The highest BCUT2D eigenvalue weighted by molar-refractivity contribution is 7.98. The van der Waals surface area contributed by atoms with E-state index in [1.165, 1.54) is 36.0 Å². The van der Waals surface area contributed by atoms with Gasteiger partial charge in [0, 0.05) is 16.8 Å². The molecule has 0 radical (unpaired) electrons. The van der Waals surface area contributed by atoms with Crippen molar-refractivity contribution in [2.45, 2.75) is 5.16 Å². The van der Waals surface area contributed by atoms with Crippen molar-refractivity contribution >= 4 is 34.9 Å². The van der Waals surface area contributed by atoms with Crippen LogP contribution in [0.5, 0.6) is 0 Å². The lowest BCUT2D eigenvalue weighted by atomic mass is 10.1. The molecular weight excluding hydrogens is 352 g/mol. The van der Waals surface area contributed by atoms with E-state index in [9.17, 15) is 8.78 Å². The third kappa shape index (κ3) is 3.66. The lowest BCUT2D eigenvalue weighted by Gasteiger charge is -2.13. The largest absolute Gasteiger partial charge is 0.337 e. The molecule has 0 aliphatic carbocycles. The first-order valence-corrected chi connectivity index (χ1v) is 8.56. The maximum absolute atomic E-state index is 14.1. The highest BCUT2D eigenvalue weighted by Crippen LogP contribution is 2.31. The lowest BCUT2D eigenvalue weighted by Crippen LogP contribution is -2.01. The minimum Gasteiger partial charge on any atom is -0.337 e. The summed E-state index contributed by atoms with van der Waals surface area (Å²) in [6.07, 6.45) is 3.47. The van der Waals surface area contributed by atoms with Gasteiger partial charge in [0.2, 0.25) is 0 Å². The van der Waals surface area contributed by atoms with Crippen molar-refractivity contribution in [3.05, 3.63) is 65.3 Å². The van der Waals surface area contributed by atoms with Crippen LogP contribution in [0.2, 0.25) is 5.02 Å². The number of hydrogen-bond acceptors (Lipinski definition) is 4. The zero-order valence-electron chi connectivity index (χ0n) is 12.6. The number of hydrogen-bond donors (Lipinski definition) is 1. The third-order valence-electron chi connectivity index (χ3n) is 3.29. The number of nitrogens with zero attached hydrogens (tertiary/aromatic N) is 2. The molecule has 0 unspecified atom stereocenters. The van der Waals surface area contributed by atoms with Crippen molar-refractivity contribution in [3.63, 3.8) is 0 Å². The average molecular weight is 364 g/mol. The van der Waals surface area contributed by atoms with Crippen LogP contribution in [0.1, 0.15) is 0 Å². The molecule has 3 rings (SSSR count). The zero-order valence-corrected chi connectivity index (χ0v) is 14.1. The minimum absolute atomic E-state index is 0.244. The molecule has 0 saturated heterocycles. The van der Waals surface area contributed by atoms with Crippen LogP contribution in [0, 0.1) is 11.6 Å². The van der Waals surface area contributed by atoms with Gasteiger partial charge in [0.25, 0.3) is 0 Å². The summed E-state index contributed by atoms with van der Waals surface area (Å²) in [6, 6.07) is 10.3. The Hall–Kier alpha value is -2.18. The van der Waals surface area contributed by atoms with E-state index in [4.69, 9.17) is 11.6 Å². The molecule has 0 aliphatic heterocycles. The van der Waals surface area contributed by atoms with E-state index >= 15 is 0 Å². The Morgan fingerprint density at radius 3 is 2.50 bits per heavy atom. The predicted molar refractivity (Wildman–Crippen MR) is 93.9 cm³/mol. The molecule has 0 atom stereocenters. The smallest absolute Gasteiger partial charge is 0.189 e. The summed E-state index contributed by atoms with van der Waals surface area (Å²) in [5.41, 5.74) is 1.61. The standard InChI is InChI=1S/C17H12ClF2N3S/c1-24-17-21-9-13(10-2-5-12(19)6-3-10)16(23-17)22-15-7-4-11(18)8-14(15)20/h2-9H,1H3,(H,21,22,23). The fourth-order valence-corrected chi connectivity index (χ4v) is 2.62. The minimum atomic E-state index is -0.489. The van der Waals surface area contributed by atoms with Gasteiger partial charge in [-0.25, -0.2) is 18.7 Å². The molecule has 2 aromatic carbocycles. The SMILES string of the molecule is CSc1ncc(-c2ccc(F)cc2)c(Nc2ccc(Cl)cc2F)n1. The van der Waals surface area contributed by atoms with Crippen LogP contribution in [0.4, 0.5) is 20.3 Å². The fourth-order valence-electron chi connectivity index (χ4n) is 2.12. The number of thioether (sulfide) groups is 1. The quantitative estimate of drug-likeness (QED) is 0.487. The van der Waals surface area contributed by atoms with Gasteiger partial charge in [-0.3, -0.25) is 0 Å². The molecule has 0 bridgehead atoms. The van der Waals surface area contributed by atoms with Gasteiger partial charge in [0.15, 0.2) is 5.16 Å². The molecule has 7 heteroatoms. The normalized spacial score (nSPS) is 10.7. The van der Waals surface area contributed by atoms with Crippen LogP contribution in [-0.4, -0.2) is 16.2 Å². The van der Waals surface area contributed by atoms with Gasteiger partial charge >= 0.3 is 0 Å². The van der Waals surface area contributed by atoms with Crippen molar-refractivity contribution in [2.75, 3.05) is 11.6 Å². The molecule has 0 fully saturated rings. The molecule has 3 nitrogen and oxygen atoms in total. The van der Waals surface area contributed by atoms with Crippen LogP contribution >= 0.6 is 23.4 Å². The van der Waals surface area contributed by atoms with Gasteiger partial charge in [-0.15, -0.1) is 0 Å². The molecule has 3 aromatic rings. The van der Waals surface area contributed by atoms with E-state index < -0.39 is 5.82 Å². The summed E-state index contributed by atoms with van der Waals surface area (Å²) in [4.78, 5) is 8.63. The topological polar surface area (TPSA) is 37.8 Å². The average Bonchev–Trinajstić information content (AvgIpc) is 2.58. The summed E-state index contributed by atoms with van der Waals surface area (Å²) in [5, 5.41) is 3.81. The second kappa shape index (κ2) is 7.15. The Morgan fingerprint density at radius 1 is 1.08 bits per heavy atom. The molecule has 0 saturated carbocycles. The first-order chi connectivity index (χ1) is 11.6. The molecule has 0 amide bonds. The van der Waals surface area contributed by atoms with E-state index in [0.29, 0.717) is 21.6 Å². The third-order valence-corrected chi connectivity index (χ3v) is 4.09. The second-order valence-corrected chi connectivity index (χ2v) is 6.08. The van der Waals surface area contributed by atoms with Crippen molar-refractivity contribution < 1.29 is 8.78 Å².